The van der Waals surface area contributed by atoms with E-state index in [0.717, 1.165) is 56.2 Å². The molecule has 0 aliphatic carbocycles. The Labute approximate surface area is 212 Å². The highest BCUT2D eigenvalue weighted by Crippen LogP contribution is 2.40. The second-order valence-electron chi connectivity index (χ2n) is 9.77. The van der Waals surface area contributed by atoms with Gasteiger partial charge in [0, 0.05) is 36.1 Å². The molecule has 0 saturated carbocycles. The number of rotatable bonds is 11. The Bertz CT molecular complexity index is 1090. The summed E-state index contributed by atoms with van der Waals surface area (Å²) < 4.78 is 5.36. The number of aliphatic hydroxyl groups is 2. The number of pyridine rings is 2. The molecule has 1 aliphatic rings. The molecule has 3 aromatic rings. The van der Waals surface area contributed by atoms with Crippen LogP contribution in [0.1, 0.15) is 55.8 Å². The van der Waals surface area contributed by atoms with Crippen LogP contribution in [0.5, 0.6) is 5.75 Å². The number of aryl methyl sites for hydroxylation is 1. The number of benzene rings is 1. The normalized spacial score (nSPS) is 16.9. The molecule has 3 heterocycles. The standard InChI is InChI=1S/C28H36ClN3O3/c1-35-22-5-6-25-23(18-22)27(24(29)19-31-25)26(34)7-10-28(20-33)11-16-32(17-12-28)15-3-2-4-21-8-13-30-14-9-21/h5-6,8-9,13-14,18-19,26,33-34H,2-4,7,10-12,15-17,20H2,1H3/t26-/m0/s1. The Morgan fingerprint density at radius 2 is 1.91 bits per heavy atom. The second kappa shape index (κ2) is 12.1. The summed E-state index contributed by atoms with van der Waals surface area (Å²) in [7, 11) is 1.62. The highest BCUT2D eigenvalue weighted by molar-refractivity contribution is 6.32. The number of unbranched alkanes of at least 4 members (excludes halogenated alkanes) is 1. The van der Waals surface area contributed by atoms with Gasteiger partial charge in [-0.2, -0.15) is 0 Å². The first-order valence-electron chi connectivity index (χ1n) is 12.6. The van der Waals surface area contributed by atoms with Crippen LogP contribution in [0.2, 0.25) is 5.02 Å². The van der Waals surface area contributed by atoms with Crippen molar-refractivity contribution in [1.82, 2.24) is 14.9 Å². The molecular formula is C28H36ClN3O3. The number of nitrogens with zero attached hydrogens (tertiary/aromatic N) is 3. The summed E-state index contributed by atoms with van der Waals surface area (Å²) >= 11 is 6.48. The van der Waals surface area contributed by atoms with E-state index in [2.05, 4.69) is 27.0 Å². The van der Waals surface area contributed by atoms with Crippen molar-refractivity contribution < 1.29 is 14.9 Å². The number of aromatic nitrogens is 2. The fourth-order valence-electron chi connectivity index (χ4n) is 5.17. The van der Waals surface area contributed by atoms with Gasteiger partial charge < -0.3 is 19.8 Å². The van der Waals surface area contributed by atoms with E-state index in [9.17, 15) is 10.2 Å². The Morgan fingerprint density at radius 3 is 2.63 bits per heavy atom. The SMILES string of the molecule is COc1ccc2ncc(Cl)c([C@@H](O)CCC3(CO)CCN(CCCCc4ccncc4)CC3)c2c1. The molecule has 35 heavy (non-hydrogen) atoms. The predicted molar refractivity (Wildman–Crippen MR) is 140 cm³/mol. The number of piperidine rings is 1. The molecular weight excluding hydrogens is 462 g/mol. The van der Waals surface area contributed by atoms with Crippen molar-refractivity contribution in [3.63, 3.8) is 0 Å². The zero-order valence-corrected chi connectivity index (χ0v) is 21.3. The molecule has 2 N–H and O–H groups in total. The maximum atomic E-state index is 11.1. The Kier molecular flexibility index (Phi) is 8.95. The Balaban J connectivity index is 1.30. The van der Waals surface area contributed by atoms with Gasteiger partial charge >= 0.3 is 0 Å². The van der Waals surface area contributed by atoms with E-state index in [1.54, 1.807) is 13.3 Å². The maximum Gasteiger partial charge on any atom is 0.119 e. The van der Waals surface area contributed by atoms with Gasteiger partial charge in [0.1, 0.15) is 5.75 Å². The summed E-state index contributed by atoms with van der Waals surface area (Å²) in [6, 6.07) is 9.78. The molecule has 1 aliphatic heterocycles. The minimum Gasteiger partial charge on any atom is -0.497 e. The lowest BCUT2D eigenvalue weighted by molar-refractivity contribution is 0.0233. The van der Waals surface area contributed by atoms with Crippen molar-refractivity contribution in [3.05, 3.63) is 65.1 Å². The fourth-order valence-corrected chi connectivity index (χ4v) is 5.45. The first-order chi connectivity index (χ1) is 17.0. The van der Waals surface area contributed by atoms with Crippen molar-refractivity contribution in [1.29, 1.82) is 0 Å². The third-order valence-corrected chi connectivity index (χ3v) is 7.84. The van der Waals surface area contributed by atoms with E-state index < -0.39 is 6.10 Å². The quantitative estimate of drug-likeness (QED) is 0.354. The van der Waals surface area contributed by atoms with Crippen LogP contribution in [-0.4, -0.2) is 58.4 Å². The van der Waals surface area contributed by atoms with Gasteiger partial charge in [0.05, 0.1) is 23.8 Å². The third-order valence-electron chi connectivity index (χ3n) is 7.54. The number of likely N-dealkylation sites (tertiary alicyclic amines) is 1. The number of ether oxygens (including phenoxy) is 1. The summed E-state index contributed by atoms with van der Waals surface area (Å²) in [4.78, 5) is 11.0. The maximum absolute atomic E-state index is 11.1. The van der Waals surface area contributed by atoms with Crippen LogP contribution in [0, 0.1) is 5.41 Å². The van der Waals surface area contributed by atoms with Crippen LogP contribution >= 0.6 is 11.6 Å². The van der Waals surface area contributed by atoms with Crippen molar-refractivity contribution in [2.75, 3.05) is 33.4 Å². The second-order valence-corrected chi connectivity index (χ2v) is 10.2. The fraction of sp³-hybridized carbons (Fsp3) is 0.500. The molecule has 7 heteroatoms. The van der Waals surface area contributed by atoms with E-state index in [-0.39, 0.29) is 12.0 Å². The number of halogens is 1. The molecule has 1 aromatic carbocycles. The first kappa shape index (κ1) is 25.8. The first-order valence-corrected chi connectivity index (χ1v) is 12.9. The lowest BCUT2D eigenvalue weighted by Crippen LogP contribution is -2.42. The predicted octanol–water partition coefficient (Wildman–Crippen LogP) is 5.20. The summed E-state index contributed by atoms with van der Waals surface area (Å²) in [6.07, 6.45) is 11.2. The zero-order valence-electron chi connectivity index (χ0n) is 20.5. The molecule has 1 atom stereocenters. The van der Waals surface area contributed by atoms with E-state index in [0.29, 0.717) is 22.8 Å². The molecule has 0 unspecified atom stereocenters. The van der Waals surface area contributed by atoms with Crippen LogP contribution in [0.15, 0.2) is 48.9 Å². The third kappa shape index (κ3) is 6.50. The average Bonchev–Trinajstić information content (AvgIpc) is 2.90. The van der Waals surface area contributed by atoms with E-state index in [4.69, 9.17) is 16.3 Å². The zero-order chi connectivity index (χ0) is 24.7. The van der Waals surface area contributed by atoms with Gasteiger partial charge in [0.15, 0.2) is 0 Å². The molecule has 0 spiro atoms. The summed E-state index contributed by atoms with van der Waals surface area (Å²) in [6.45, 7) is 3.22. The van der Waals surface area contributed by atoms with Gasteiger partial charge in [0.2, 0.25) is 0 Å². The van der Waals surface area contributed by atoms with Crippen molar-refractivity contribution in [3.8, 4) is 5.75 Å². The van der Waals surface area contributed by atoms with Gasteiger partial charge in [-0.3, -0.25) is 9.97 Å². The number of hydrogen-bond donors (Lipinski definition) is 2. The number of fused-ring (bicyclic) bond motifs is 1. The van der Waals surface area contributed by atoms with Gasteiger partial charge in [-0.25, -0.2) is 0 Å². The largest absolute Gasteiger partial charge is 0.497 e. The highest BCUT2D eigenvalue weighted by Gasteiger charge is 2.34. The Morgan fingerprint density at radius 1 is 1.14 bits per heavy atom. The molecule has 0 radical (unpaired) electrons. The summed E-state index contributed by atoms with van der Waals surface area (Å²) in [5, 5.41) is 22.7. The van der Waals surface area contributed by atoms with Crippen LogP contribution < -0.4 is 4.74 Å². The topological polar surface area (TPSA) is 78.7 Å². The number of aliphatic hydroxyl groups excluding tert-OH is 2. The number of methoxy groups -OCH3 is 1. The monoisotopic (exact) mass is 497 g/mol. The lowest BCUT2D eigenvalue weighted by atomic mass is 9.74. The van der Waals surface area contributed by atoms with Crippen molar-refractivity contribution >= 4 is 22.5 Å². The average molecular weight is 498 g/mol. The van der Waals surface area contributed by atoms with Crippen LogP contribution in [-0.2, 0) is 6.42 Å². The lowest BCUT2D eigenvalue weighted by Gasteiger charge is -2.41. The molecule has 4 rings (SSSR count). The van der Waals surface area contributed by atoms with Gasteiger partial charge in [-0.1, -0.05) is 11.6 Å². The van der Waals surface area contributed by atoms with Crippen LogP contribution in [0.25, 0.3) is 10.9 Å². The highest BCUT2D eigenvalue weighted by atomic mass is 35.5. The van der Waals surface area contributed by atoms with E-state index >= 15 is 0 Å². The van der Waals surface area contributed by atoms with E-state index in [1.165, 1.54) is 18.4 Å². The Hall–Kier alpha value is -2.25. The van der Waals surface area contributed by atoms with Gasteiger partial charge in [-0.05, 0) is 106 Å². The van der Waals surface area contributed by atoms with Gasteiger partial charge in [-0.15, -0.1) is 0 Å². The smallest absolute Gasteiger partial charge is 0.119 e. The molecule has 1 fully saturated rings. The minimum absolute atomic E-state index is 0.147. The summed E-state index contributed by atoms with van der Waals surface area (Å²) in [5.41, 5.74) is 2.66. The molecule has 2 aromatic heterocycles. The van der Waals surface area contributed by atoms with Crippen molar-refractivity contribution in [2.45, 2.75) is 51.0 Å². The van der Waals surface area contributed by atoms with Crippen LogP contribution in [0.3, 0.4) is 0 Å². The minimum atomic E-state index is -0.727. The van der Waals surface area contributed by atoms with Gasteiger partial charge in [0.25, 0.3) is 0 Å². The molecule has 1 saturated heterocycles. The molecule has 188 valence electrons. The summed E-state index contributed by atoms with van der Waals surface area (Å²) in [5.74, 6) is 0.704. The van der Waals surface area contributed by atoms with E-state index in [1.807, 2.05) is 30.6 Å². The number of hydrogen-bond acceptors (Lipinski definition) is 6. The van der Waals surface area contributed by atoms with Crippen molar-refractivity contribution in [2.24, 2.45) is 5.41 Å². The molecule has 6 nitrogen and oxygen atoms in total. The molecule has 0 amide bonds. The molecule has 0 bridgehead atoms. The van der Waals surface area contributed by atoms with Crippen LogP contribution in [0.4, 0.5) is 0 Å².